The first-order valence-electron chi connectivity index (χ1n) is 5.09. The first-order valence-corrected chi connectivity index (χ1v) is 5.09. The van der Waals surface area contributed by atoms with E-state index in [0.29, 0.717) is 0 Å². The lowest BCUT2D eigenvalue weighted by Crippen LogP contribution is -2.23. The molecule has 1 aliphatic rings. The Morgan fingerprint density at radius 2 is 1.93 bits per heavy atom. The molecular weight excluding hydrogens is 184 g/mol. The van der Waals surface area contributed by atoms with Crippen LogP contribution < -0.4 is 0 Å². The molecule has 86 valence electrons. The standard InChI is InChI=1S/C7H14O2.C3H8O2/c1-2-6(8)7-4-3-5-9-7;1-3(2,4)5/h6-8H,2-5H2,1H3;4-5H,1-2H3/t6-,7?;/m0./s1. The first kappa shape index (κ1) is 13.8. The zero-order valence-electron chi connectivity index (χ0n) is 9.23. The van der Waals surface area contributed by atoms with Gasteiger partial charge in [-0.05, 0) is 33.1 Å². The van der Waals surface area contributed by atoms with E-state index in [-0.39, 0.29) is 12.2 Å². The smallest absolute Gasteiger partial charge is 0.156 e. The summed E-state index contributed by atoms with van der Waals surface area (Å²) < 4.78 is 5.26. The maximum atomic E-state index is 9.23. The second-order valence-electron chi connectivity index (χ2n) is 4.02. The van der Waals surface area contributed by atoms with Crippen molar-refractivity contribution in [3.05, 3.63) is 0 Å². The number of aliphatic hydroxyl groups excluding tert-OH is 1. The maximum absolute atomic E-state index is 9.23. The lowest BCUT2D eigenvalue weighted by Gasteiger charge is -2.14. The number of hydrogen-bond acceptors (Lipinski definition) is 4. The first-order chi connectivity index (χ1) is 6.34. The molecule has 1 fully saturated rings. The molecule has 1 aliphatic heterocycles. The number of hydrogen-bond donors (Lipinski definition) is 3. The van der Waals surface area contributed by atoms with E-state index >= 15 is 0 Å². The monoisotopic (exact) mass is 206 g/mol. The highest BCUT2D eigenvalue weighted by atomic mass is 16.5. The molecule has 0 bridgehead atoms. The zero-order chi connectivity index (χ0) is 11.2. The summed E-state index contributed by atoms with van der Waals surface area (Å²) in [5, 5.41) is 25.4. The van der Waals surface area contributed by atoms with Crippen molar-refractivity contribution in [2.24, 2.45) is 0 Å². The van der Waals surface area contributed by atoms with Crippen molar-refractivity contribution < 1.29 is 20.1 Å². The third kappa shape index (κ3) is 8.44. The van der Waals surface area contributed by atoms with Gasteiger partial charge in [-0.1, -0.05) is 6.92 Å². The summed E-state index contributed by atoms with van der Waals surface area (Å²) in [6.07, 6.45) is 2.86. The Morgan fingerprint density at radius 1 is 1.43 bits per heavy atom. The molecule has 1 saturated heterocycles. The van der Waals surface area contributed by atoms with E-state index in [1.165, 1.54) is 13.8 Å². The third-order valence-corrected chi connectivity index (χ3v) is 1.81. The summed E-state index contributed by atoms with van der Waals surface area (Å²) in [7, 11) is 0. The number of aliphatic hydroxyl groups is 3. The molecular formula is C10H22O4. The molecule has 0 saturated carbocycles. The van der Waals surface area contributed by atoms with Gasteiger partial charge in [0.2, 0.25) is 0 Å². The summed E-state index contributed by atoms with van der Waals surface area (Å²) in [5.41, 5.74) is 0. The lowest BCUT2D eigenvalue weighted by atomic mass is 10.1. The van der Waals surface area contributed by atoms with Gasteiger partial charge in [0, 0.05) is 6.61 Å². The van der Waals surface area contributed by atoms with Crippen molar-refractivity contribution >= 4 is 0 Å². The minimum absolute atomic E-state index is 0.134. The van der Waals surface area contributed by atoms with Crippen LogP contribution in [0.3, 0.4) is 0 Å². The average Bonchev–Trinajstić information content (AvgIpc) is 2.51. The molecule has 4 heteroatoms. The van der Waals surface area contributed by atoms with Crippen LogP contribution in [0.4, 0.5) is 0 Å². The van der Waals surface area contributed by atoms with Crippen LogP contribution >= 0.6 is 0 Å². The summed E-state index contributed by atoms with van der Waals surface area (Å²) >= 11 is 0. The molecule has 3 N–H and O–H groups in total. The van der Waals surface area contributed by atoms with Crippen LogP contribution in [0.25, 0.3) is 0 Å². The number of ether oxygens (including phenoxy) is 1. The van der Waals surface area contributed by atoms with E-state index in [2.05, 4.69) is 0 Å². The van der Waals surface area contributed by atoms with Gasteiger partial charge in [0.05, 0.1) is 12.2 Å². The normalized spacial score (nSPS) is 24.0. The van der Waals surface area contributed by atoms with Gasteiger partial charge in [-0.2, -0.15) is 0 Å². The summed E-state index contributed by atoms with van der Waals surface area (Å²) in [5.74, 6) is -1.50. The van der Waals surface area contributed by atoms with Crippen LogP contribution in [0.5, 0.6) is 0 Å². The third-order valence-electron chi connectivity index (χ3n) is 1.81. The zero-order valence-corrected chi connectivity index (χ0v) is 9.23. The molecule has 1 rings (SSSR count). The predicted octanol–water partition coefficient (Wildman–Crippen LogP) is 0.643. The van der Waals surface area contributed by atoms with E-state index in [1.54, 1.807) is 0 Å². The highest BCUT2D eigenvalue weighted by molar-refractivity contribution is 4.71. The largest absolute Gasteiger partial charge is 0.390 e. The Balaban J connectivity index is 0.000000292. The summed E-state index contributed by atoms with van der Waals surface area (Å²) in [6, 6.07) is 0. The van der Waals surface area contributed by atoms with Crippen LogP contribution in [0, 0.1) is 0 Å². The second-order valence-corrected chi connectivity index (χ2v) is 4.02. The van der Waals surface area contributed by atoms with E-state index < -0.39 is 5.79 Å². The molecule has 14 heavy (non-hydrogen) atoms. The fourth-order valence-corrected chi connectivity index (χ4v) is 1.17. The number of rotatable bonds is 2. The van der Waals surface area contributed by atoms with E-state index in [0.717, 1.165) is 25.9 Å². The Kier molecular flexibility index (Phi) is 6.27. The summed E-state index contributed by atoms with van der Waals surface area (Å²) in [6.45, 7) is 5.41. The molecule has 1 unspecified atom stereocenters. The van der Waals surface area contributed by atoms with Crippen LogP contribution in [0.2, 0.25) is 0 Å². The van der Waals surface area contributed by atoms with Crippen LogP contribution in [-0.2, 0) is 4.74 Å². The van der Waals surface area contributed by atoms with E-state index in [9.17, 15) is 5.11 Å². The van der Waals surface area contributed by atoms with Gasteiger partial charge in [0.1, 0.15) is 0 Å². The molecule has 2 atom stereocenters. The molecule has 0 amide bonds. The van der Waals surface area contributed by atoms with Gasteiger partial charge >= 0.3 is 0 Å². The minimum Gasteiger partial charge on any atom is -0.390 e. The molecule has 0 aromatic carbocycles. The second kappa shape index (κ2) is 6.35. The van der Waals surface area contributed by atoms with Crippen molar-refractivity contribution in [1.82, 2.24) is 0 Å². The Bertz CT molecular complexity index is 130. The minimum atomic E-state index is -1.50. The molecule has 0 spiro atoms. The highest BCUT2D eigenvalue weighted by Gasteiger charge is 2.21. The van der Waals surface area contributed by atoms with Crippen LogP contribution in [0.1, 0.15) is 40.0 Å². The SMILES string of the molecule is CC(C)(O)O.CC[C@H](O)C1CCCO1. The van der Waals surface area contributed by atoms with Gasteiger partial charge < -0.3 is 20.1 Å². The topological polar surface area (TPSA) is 69.9 Å². The van der Waals surface area contributed by atoms with Crippen molar-refractivity contribution in [1.29, 1.82) is 0 Å². The fourth-order valence-electron chi connectivity index (χ4n) is 1.17. The quantitative estimate of drug-likeness (QED) is 0.580. The Labute approximate surface area is 85.5 Å². The van der Waals surface area contributed by atoms with Gasteiger partial charge in [-0.15, -0.1) is 0 Å². The van der Waals surface area contributed by atoms with Gasteiger partial charge in [0.15, 0.2) is 5.79 Å². The van der Waals surface area contributed by atoms with Crippen molar-refractivity contribution in [2.75, 3.05) is 6.61 Å². The van der Waals surface area contributed by atoms with Crippen molar-refractivity contribution in [3.63, 3.8) is 0 Å². The van der Waals surface area contributed by atoms with Crippen LogP contribution in [0.15, 0.2) is 0 Å². The molecule has 0 aromatic rings. The molecule has 1 heterocycles. The van der Waals surface area contributed by atoms with Gasteiger partial charge in [-0.3, -0.25) is 0 Å². The molecule has 0 aliphatic carbocycles. The van der Waals surface area contributed by atoms with Crippen molar-refractivity contribution in [2.45, 2.75) is 58.0 Å². The van der Waals surface area contributed by atoms with Gasteiger partial charge in [0.25, 0.3) is 0 Å². The van der Waals surface area contributed by atoms with Gasteiger partial charge in [-0.25, -0.2) is 0 Å². The highest BCUT2D eigenvalue weighted by Crippen LogP contribution is 2.16. The molecule has 4 nitrogen and oxygen atoms in total. The fraction of sp³-hybridized carbons (Fsp3) is 1.00. The van der Waals surface area contributed by atoms with Crippen molar-refractivity contribution in [3.8, 4) is 0 Å². The maximum Gasteiger partial charge on any atom is 0.156 e. The van der Waals surface area contributed by atoms with Crippen LogP contribution in [-0.4, -0.2) is 39.9 Å². The summed E-state index contributed by atoms with van der Waals surface area (Å²) in [4.78, 5) is 0. The predicted molar refractivity (Wildman–Crippen MR) is 53.8 cm³/mol. The Morgan fingerprint density at radius 3 is 2.21 bits per heavy atom. The van der Waals surface area contributed by atoms with E-state index in [1.807, 2.05) is 6.92 Å². The average molecular weight is 206 g/mol. The van der Waals surface area contributed by atoms with E-state index in [4.69, 9.17) is 14.9 Å². The molecule has 0 aromatic heterocycles. The Hall–Kier alpha value is -0.160. The lowest BCUT2D eigenvalue weighted by molar-refractivity contribution is -0.127. The molecule has 0 radical (unpaired) electrons.